The summed E-state index contributed by atoms with van der Waals surface area (Å²) < 4.78 is 0. The van der Waals surface area contributed by atoms with Crippen molar-refractivity contribution >= 4 is 21.2 Å². The first kappa shape index (κ1) is 14.8. The van der Waals surface area contributed by atoms with Gasteiger partial charge in [0.05, 0.1) is 0 Å². The zero-order chi connectivity index (χ0) is 11.2. The Balaban J connectivity index is 0. The van der Waals surface area contributed by atoms with E-state index in [-0.39, 0.29) is 0 Å². The van der Waals surface area contributed by atoms with Gasteiger partial charge in [-0.25, -0.2) is 9.59 Å². The normalized spacial score (nSPS) is 10.3. The number of hydrogen-bond acceptors (Lipinski definition) is 4. The van der Waals surface area contributed by atoms with Crippen LogP contribution in [0.2, 0.25) is 0 Å². The summed E-state index contributed by atoms with van der Waals surface area (Å²) >= 11 is 0. The van der Waals surface area contributed by atoms with Crippen molar-refractivity contribution < 1.29 is 30.0 Å². The van der Waals surface area contributed by atoms with Crippen LogP contribution in [-0.2, 0) is 9.59 Å². The van der Waals surface area contributed by atoms with Gasteiger partial charge >= 0.3 is 11.9 Å². The average molecular weight is 212 g/mol. The van der Waals surface area contributed by atoms with Gasteiger partial charge in [0.15, 0.2) is 6.29 Å². The Hall–Kier alpha value is -0.710. The maximum atomic E-state index is 9.10. The monoisotopic (exact) mass is 212 g/mol. The third-order valence-electron chi connectivity index (χ3n) is 0.848. The van der Waals surface area contributed by atoms with Crippen molar-refractivity contribution in [1.82, 2.24) is 0 Å². The number of aliphatic hydroxyl groups excluding tert-OH is 1. The van der Waals surface area contributed by atoms with Gasteiger partial charge in [-0.05, 0) is 0 Å². The lowest BCUT2D eigenvalue weighted by atomic mass is 10.2. The topological polar surface area (TPSA) is 115 Å². The van der Waals surface area contributed by atoms with Gasteiger partial charge < -0.3 is 20.4 Å². The third kappa shape index (κ3) is 11.3. The van der Waals surface area contributed by atoms with Crippen LogP contribution in [0.4, 0.5) is 0 Å². The standard InChI is InChI=1S/C4H11O2P.C2H2O4/c1-4(2,7)3(5)6;3-1(4)2(5)6/h3,5-6H,7H2,1-2H3;(H,3,4)(H,5,6). The molecule has 0 aromatic rings. The summed E-state index contributed by atoms with van der Waals surface area (Å²) in [5.74, 6) is -3.65. The van der Waals surface area contributed by atoms with E-state index in [1.165, 1.54) is 0 Å². The highest BCUT2D eigenvalue weighted by Gasteiger charge is 2.18. The highest BCUT2D eigenvalue weighted by atomic mass is 31.0. The van der Waals surface area contributed by atoms with E-state index in [0.29, 0.717) is 0 Å². The highest BCUT2D eigenvalue weighted by Crippen LogP contribution is 2.18. The minimum absolute atomic E-state index is 0.472. The Morgan fingerprint density at radius 1 is 1.15 bits per heavy atom. The molecule has 0 spiro atoms. The molecule has 0 rings (SSSR count). The highest BCUT2D eigenvalue weighted by molar-refractivity contribution is 7.18. The van der Waals surface area contributed by atoms with Crippen LogP contribution in [0.3, 0.4) is 0 Å². The lowest BCUT2D eigenvalue weighted by molar-refractivity contribution is -0.159. The smallest absolute Gasteiger partial charge is 0.414 e. The molecule has 13 heavy (non-hydrogen) atoms. The van der Waals surface area contributed by atoms with Crippen molar-refractivity contribution in [1.29, 1.82) is 0 Å². The van der Waals surface area contributed by atoms with Crippen molar-refractivity contribution in [3.05, 3.63) is 0 Å². The van der Waals surface area contributed by atoms with E-state index in [4.69, 9.17) is 30.0 Å². The second kappa shape index (κ2) is 5.85. The van der Waals surface area contributed by atoms with Gasteiger partial charge in [-0.1, -0.05) is 13.8 Å². The van der Waals surface area contributed by atoms with Gasteiger partial charge in [0.1, 0.15) is 0 Å². The molecule has 0 radical (unpaired) electrons. The molecule has 0 aromatic carbocycles. The number of hydrogen-bond donors (Lipinski definition) is 4. The van der Waals surface area contributed by atoms with Crippen molar-refractivity contribution in [3.8, 4) is 0 Å². The number of aliphatic carboxylic acids is 2. The minimum Gasteiger partial charge on any atom is -0.473 e. The maximum Gasteiger partial charge on any atom is 0.414 e. The van der Waals surface area contributed by atoms with Gasteiger partial charge in [0.25, 0.3) is 0 Å². The number of rotatable bonds is 1. The fourth-order valence-electron chi connectivity index (χ4n) is 0. The Morgan fingerprint density at radius 2 is 1.31 bits per heavy atom. The Kier molecular flexibility index (Phi) is 6.66. The molecule has 0 saturated carbocycles. The first-order chi connectivity index (χ1) is 5.59. The largest absolute Gasteiger partial charge is 0.473 e. The Morgan fingerprint density at radius 3 is 1.31 bits per heavy atom. The summed E-state index contributed by atoms with van der Waals surface area (Å²) in [7, 11) is 2.33. The molecule has 1 atom stereocenters. The van der Waals surface area contributed by atoms with Crippen molar-refractivity contribution in [2.75, 3.05) is 0 Å². The summed E-state index contributed by atoms with van der Waals surface area (Å²) in [4.78, 5) is 18.2. The van der Waals surface area contributed by atoms with Crippen LogP contribution in [0.15, 0.2) is 0 Å². The molecule has 0 heterocycles. The number of carboxylic acids is 2. The van der Waals surface area contributed by atoms with Crippen molar-refractivity contribution in [2.24, 2.45) is 0 Å². The van der Waals surface area contributed by atoms with E-state index in [1.54, 1.807) is 13.8 Å². The molecular weight excluding hydrogens is 199 g/mol. The SMILES string of the molecule is CC(C)(P)C(O)O.O=C(O)C(=O)O. The fourth-order valence-corrected chi connectivity index (χ4v) is 0. The summed E-state index contributed by atoms with van der Waals surface area (Å²) in [5, 5.41) is 31.2. The molecular formula is C6H13O6P. The molecule has 7 heteroatoms. The van der Waals surface area contributed by atoms with E-state index in [9.17, 15) is 0 Å². The molecule has 0 aliphatic heterocycles. The predicted molar refractivity (Wildman–Crippen MR) is 47.3 cm³/mol. The van der Waals surface area contributed by atoms with Gasteiger partial charge in [0, 0.05) is 5.16 Å². The fraction of sp³-hybridized carbons (Fsp3) is 0.667. The third-order valence-corrected chi connectivity index (χ3v) is 1.15. The number of aliphatic hydroxyl groups is 2. The first-order valence-corrected chi connectivity index (χ1v) is 3.78. The van der Waals surface area contributed by atoms with Gasteiger partial charge in [-0.3, -0.25) is 0 Å². The molecule has 1 unspecified atom stereocenters. The van der Waals surface area contributed by atoms with Crippen LogP contribution in [0.5, 0.6) is 0 Å². The summed E-state index contributed by atoms with van der Waals surface area (Å²) in [5.41, 5.74) is 0. The molecule has 78 valence electrons. The van der Waals surface area contributed by atoms with Crippen LogP contribution < -0.4 is 0 Å². The van der Waals surface area contributed by atoms with Crippen LogP contribution in [0, 0.1) is 0 Å². The quantitative estimate of drug-likeness (QED) is 0.254. The van der Waals surface area contributed by atoms with Crippen LogP contribution in [-0.4, -0.2) is 43.8 Å². The summed E-state index contributed by atoms with van der Waals surface area (Å²) in [6.45, 7) is 3.45. The van der Waals surface area contributed by atoms with Gasteiger partial charge in [-0.2, -0.15) is 0 Å². The second-order valence-corrected chi connectivity index (χ2v) is 4.29. The van der Waals surface area contributed by atoms with Crippen molar-refractivity contribution in [2.45, 2.75) is 25.3 Å². The zero-order valence-electron chi connectivity index (χ0n) is 7.26. The molecule has 0 aliphatic carbocycles. The van der Waals surface area contributed by atoms with Crippen LogP contribution in [0.1, 0.15) is 13.8 Å². The Bertz CT molecular complexity index is 170. The number of carbonyl (C=O) groups is 2. The lowest BCUT2D eigenvalue weighted by Crippen LogP contribution is -2.28. The first-order valence-electron chi connectivity index (χ1n) is 3.20. The van der Waals surface area contributed by atoms with E-state index < -0.39 is 23.4 Å². The van der Waals surface area contributed by atoms with Crippen LogP contribution in [0.25, 0.3) is 0 Å². The molecule has 0 aliphatic rings. The molecule has 0 fully saturated rings. The van der Waals surface area contributed by atoms with E-state index in [1.807, 2.05) is 0 Å². The van der Waals surface area contributed by atoms with E-state index in [0.717, 1.165) is 0 Å². The van der Waals surface area contributed by atoms with Crippen molar-refractivity contribution in [3.63, 3.8) is 0 Å². The average Bonchev–Trinajstić information content (AvgIpc) is 1.86. The second-order valence-electron chi connectivity index (χ2n) is 2.81. The van der Waals surface area contributed by atoms with E-state index >= 15 is 0 Å². The zero-order valence-corrected chi connectivity index (χ0v) is 8.41. The molecule has 0 aromatic heterocycles. The maximum absolute atomic E-state index is 9.10. The minimum atomic E-state index is -1.82. The molecule has 6 nitrogen and oxygen atoms in total. The van der Waals surface area contributed by atoms with E-state index in [2.05, 4.69) is 9.24 Å². The molecule has 0 bridgehead atoms. The molecule has 4 N–H and O–H groups in total. The predicted octanol–water partition coefficient (Wildman–Crippen LogP) is -0.894. The van der Waals surface area contributed by atoms with Crippen LogP contribution >= 0.6 is 9.24 Å². The van der Waals surface area contributed by atoms with Gasteiger partial charge in [-0.15, -0.1) is 9.24 Å². The summed E-state index contributed by atoms with van der Waals surface area (Å²) in [6, 6.07) is 0. The lowest BCUT2D eigenvalue weighted by Gasteiger charge is -2.19. The molecule has 0 amide bonds. The number of carboxylic acid groups (broad SMARTS) is 2. The molecule has 0 saturated heterocycles. The van der Waals surface area contributed by atoms with Gasteiger partial charge in [0.2, 0.25) is 0 Å². The summed E-state index contributed by atoms with van der Waals surface area (Å²) in [6.07, 6.45) is -1.24. The Labute approximate surface area is 77.4 Å².